The van der Waals surface area contributed by atoms with Gasteiger partial charge in [0.1, 0.15) is 6.54 Å². The molecule has 0 aliphatic rings. The molecule has 0 radical (unpaired) electrons. The van der Waals surface area contributed by atoms with Gasteiger partial charge in [-0.1, -0.05) is 25.1 Å². The van der Waals surface area contributed by atoms with Crippen LogP contribution in [0.15, 0.2) is 35.2 Å². The van der Waals surface area contributed by atoms with Gasteiger partial charge in [-0.25, -0.2) is 0 Å². The van der Waals surface area contributed by atoms with Crippen molar-refractivity contribution in [3.8, 4) is 6.07 Å². The summed E-state index contributed by atoms with van der Waals surface area (Å²) in [4.78, 5) is 14.5. The van der Waals surface area contributed by atoms with E-state index in [0.29, 0.717) is 12.3 Å². The molecule has 1 aromatic carbocycles. The van der Waals surface area contributed by atoms with Gasteiger partial charge in [0.15, 0.2) is 0 Å². The number of nitriles is 1. The summed E-state index contributed by atoms with van der Waals surface area (Å²) in [5, 5.41) is 8.65. The van der Waals surface area contributed by atoms with Gasteiger partial charge in [-0.15, -0.1) is 11.8 Å². The average Bonchev–Trinajstić information content (AvgIpc) is 2.37. The molecule has 1 aromatic rings. The molecule has 0 aliphatic carbocycles. The molecule has 1 rings (SSSR count). The Morgan fingerprint density at radius 2 is 2.12 bits per heavy atom. The average molecular weight is 248 g/mol. The van der Waals surface area contributed by atoms with Crippen LogP contribution in [0.5, 0.6) is 0 Å². The minimum Gasteiger partial charge on any atom is -0.329 e. The van der Waals surface area contributed by atoms with Crippen LogP contribution in [0.3, 0.4) is 0 Å². The SMILES string of the molecule is CCCN(CC#N)C(=O)CSc1ccccc1. The van der Waals surface area contributed by atoms with Crippen molar-refractivity contribution in [2.75, 3.05) is 18.8 Å². The van der Waals surface area contributed by atoms with Crippen molar-refractivity contribution in [1.82, 2.24) is 4.90 Å². The number of rotatable bonds is 6. The van der Waals surface area contributed by atoms with E-state index in [-0.39, 0.29) is 12.5 Å². The first-order valence-corrected chi connectivity index (χ1v) is 6.59. The van der Waals surface area contributed by atoms with Crippen LogP contribution in [0.1, 0.15) is 13.3 Å². The lowest BCUT2D eigenvalue weighted by Gasteiger charge is -2.18. The van der Waals surface area contributed by atoms with Crippen molar-refractivity contribution in [1.29, 1.82) is 5.26 Å². The second-order valence-electron chi connectivity index (χ2n) is 3.58. The fourth-order valence-corrected chi connectivity index (χ4v) is 2.22. The fourth-order valence-electron chi connectivity index (χ4n) is 1.40. The molecule has 0 saturated heterocycles. The number of thioether (sulfide) groups is 1. The Morgan fingerprint density at radius 3 is 2.71 bits per heavy atom. The summed E-state index contributed by atoms with van der Waals surface area (Å²) in [6, 6.07) is 11.8. The molecule has 0 aliphatic heterocycles. The Balaban J connectivity index is 2.45. The molecule has 0 fully saturated rings. The molecule has 0 atom stereocenters. The third-order valence-electron chi connectivity index (χ3n) is 2.21. The van der Waals surface area contributed by atoms with Gasteiger partial charge in [0.05, 0.1) is 11.8 Å². The fraction of sp³-hybridized carbons (Fsp3) is 0.385. The quantitative estimate of drug-likeness (QED) is 0.574. The van der Waals surface area contributed by atoms with Gasteiger partial charge >= 0.3 is 0 Å². The van der Waals surface area contributed by atoms with Crippen LogP contribution in [0.25, 0.3) is 0 Å². The lowest BCUT2D eigenvalue weighted by atomic mass is 10.4. The molecule has 0 bridgehead atoms. The highest BCUT2D eigenvalue weighted by atomic mass is 32.2. The standard InChI is InChI=1S/C13H16N2OS/c1-2-9-15(10-8-14)13(16)11-17-12-6-4-3-5-7-12/h3-7H,2,9-11H2,1H3. The van der Waals surface area contributed by atoms with Gasteiger partial charge in [-0.2, -0.15) is 5.26 Å². The zero-order chi connectivity index (χ0) is 12.5. The monoisotopic (exact) mass is 248 g/mol. The molecule has 17 heavy (non-hydrogen) atoms. The summed E-state index contributed by atoms with van der Waals surface area (Å²) in [7, 11) is 0. The summed E-state index contributed by atoms with van der Waals surface area (Å²) < 4.78 is 0. The lowest BCUT2D eigenvalue weighted by Crippen LogP contribution is -2.33. The van der Waals surface area contributed by atoms with Gasteiger partial charge in [-0.3, -0.25) is 4.79 Å². The zero-order valence-electron chi connectivity index (χ0n) is 9.93. The summed E-state index contributed by atoms with van der Waals surface area (Å²) in [6.07, 6.45) is 0.878. The Morgan fingerprint density at radius 1 is 1.41 bits per heavy atom. The largest absolute Gasteiger partial charge is 0.329 e. The second kappa shape index (κ2) is 7.75. The van der Waals surface area contributed by atoms with Crippen LogP contribution in [0.4, 0.5) is 0 Å². The van der Waals surface area contributed by atoms with Crippen LogP contribution in [0.2, 0.25) is 0 Å². The Labute approximate surface area is 106 Å². The van der Waals surface area contributed by atoms with E-state index in [4.69, 9.17) is 5.26 Å². The van der Waals surface area contributed by atoms with Crippen LogP contribution >= 0.6 is 11.8 Å². The smallest absolute Gasteiger partial charge is 0.233 e. The molecule has 0 aromatic heterocycles. The molecule has 3 nitrogen and oxygen atoms in total. The lowest BCUT2D eigenvalue weighted by molar-refractivity contribution is -0.127. The number of hydrogen-bond acceptors (Lipinski definition) is 3. The van der Waals surface area contributed by atoms with Gasteiger partial charge in [-0.05, 0) is 18.6 Å². The maximum atomic E-state index is 11.9. The molecular weight excluding hydrogens is 232 g/mol. The van der Waals surface area contributed by atoms with Crippen LogP contribution in [-0.2, 0) is 4.79 Å². The van der Waals surface area contributed by atoms with E-state index in [1.54, 1.807) is 4.90 Å². The topological polar surface area (TPSA) is 44.1 Å². The van der Waals surface area contributed by atoms with E-state index in [9.17, 15) is 4.79 Å². The maximum absolute atomic E-state index is 11.9. The van der Waals surface area contributed by atoms with E-state index in [1.807, 2.05) is 43.3 Å². The number of carbonyl (C=O) groups excluding carboxylic acids is 1. The first-order valence-electron chi connectivity index (χ1n) is 5.60. The third kappa shape index (κ3) is 4.92. The highest BCUT2D eigenvalue weighted by Gasteiger charge is 2.12. The molecule has 1 amide bonds. The van der Waals surface area contributed by atoms with E-state index in [2.05, 4.69) is 0 Å². The minimum atomic E-state index is 0.0299. The van der Waals surface area contributed by atoms with Crippen molar-refractivity contribution in [2.45, 2.75) is 18.2 Å². The number of hydrogen-bond donors (Lipinski definition) is 0. The Hall–Kier alpha value is -1.47. The Bertz CT molecular complexity index is 386. The van der Waals surface area contributed by atoms with E-state index in [0.717, 1.165) is 11.3 Å². The van der Waals surface area contributed by atoms with Crippen molar-refractivity contribution in [3.05, 3.63) is 30.3 Å². The summed E-state index contributed by atoms with van der Waals surface area (Å²) in [6.45, 7) is 2.84. The maximum Gasteiger partial charge on any atom is 0.233 e. The molecule has 4 heteroatoms. The molecule has 0 saturated carbocycles. The molecular formula is C13H16N2OS. The molecule has 0 unspecified atom stereocenters. The van der Waals surface area contributed by atoms with Gasteiger partial charge in [0.2, 0.25) is 5.91 Å². The van der Waals surface area contributed by atoms with E-state index in [1.165, 1.54) is 11.8 Å². The van der Waals surface area contributed by atoms with Crippen LogP contribution in [0, 0.1) is 11.3 Å². The third-order valence-corrected chi connectivity index (χ3v) is 3.21. The minimum absolute atomic E-state index is 0.0299. The second-order valence-corrected chi connectivity index (χ2v) is 4.62. The molecule has 0 spiro atoms. The Kier molecular flexibility index (Phi) is 6.19. The number of amides is 1. The van der Waals surface area contributed by atoms with Crippen molar-refractivity contribution < 1.29 is 4.79 Å². The van der Waals surface area contributed by atoms with Gasteiger partial charge in [0, 0.05) is 11.4 Å². The first kappa shape index (κ1) is 13.6. The highest BCUT2D eigenvalue weighted by Crippen LogP contribution is 2.17. The van der Waals surface area contributed by atoms with E-state index >= 15 is 0 Å². The van der Waals surface area contributed by atoms with Gasteiger partial charge in [0.25, 0.3) is 0 Å². The number of nitrogens with zero attached hydrogens (tertiary/aromatic N) is 2. The molecule has 0 N–H and O–H groups in total. The van der Waals surface area contributed by atoms with Crippen molar-refractivity contribution >= 4 is 17.7 Å². The normalized spacial score (nSPS) is 9.65. The van der Waals surface area contributed by atoms with Gasteiger partial charge < -0.3 is 4.90 Å². The predicted molar refractivity (Wildman–Crippen MR) is 69.7 cm³/mol. The number of benzene rings is 1. The van der Waals surface area contributed by atoms with E-state index < -0.39 is 0 Å². The number of carbonyl (C=O) groups is 1. The molecule has 90 valence electrons. The molecule has 0 heterocycles. The van der Waals surface area contributed by atoms with Crippen LogP contribution in [-0.4, -0.2) is 29.6 Å². The predicted octanol–water partition coefficient (Wildman–Crippen LogP) is 2.54. The first-order chi connectivity index (χ1) is 8.27. The summed E-state index contributed by atoms with van der Waals surface area (Å²) >= 11 is 1.51. The van der Waals surface area contributed by atoms with Crippen molar-refractivity contribution in [2.24, 2.45) is 0 Å². The highest BCUT2D eigenvalue weighted by molar-refractivity contribution is 8.00. The summed E-state index contributed by atoms with van der Waals surface area (Å²) in [5.41, 5.74) is 0. The van der Waals surface area contributed by atoms with Crippen LogP contribution < -0.4 is 0 Å². The zero-order valence-corrected chi connectivity index (χ0v) is 10.7. The summed E-state index contributed by atoms with van der Waals surface area (Å²) in [5.74, 6) is 0.424. The van der Waals surface area contributed by atoms with Crippen molar-refractivity contribution in [3.63, 3.8) is 0 Å².